The SMILES string of the molecule is CC1CCC(O)C(C2CCOC2)C1. The number of aliphatic hydroxyl groups is 1. The Hall–Kier alpha value is -0.0800. The van der Waals surface area contributed by atoms with Gasteiger partial charge in [0.05, 0.1) is 6.10 Å². The van der Waals surface area contributed by atoms with Gasteiger partial charge in [-0.3, -0.25) is 0 Å². The molecule has 4 unspecified atom stereocenters. The fourth-order valence-corrected chi connectivity index (χ4v) is 2.81. The molecule has 0 spiro atoms. The zero-order valence-corrected chi connectivity index (χ0v) is 8.41. The van der Waals surface area contributed by atoms with Gasteiger partial charge < -0.3 is 9.84 Å². The van der Waals surface area contributed by atoms with E-state index in [1.54, 1.807) is 0 Å². The van der Waals surface area contributed by atoms with Crippen LogP contribution in [0.25, 0.3) is 0 Å². The molecule has 0 radical (unpaired) electrons. The van der Waals surface area contributed by atoms with Crippen LogP contribution in [0.4, 0.5) is 0 Å². The maximum atomic E-state index is 9.89. The molecule has 1 saturated heterocycles. The van der Waals surface area contributed by atoms with E-state index < -0.39 is 0 Å². The minimum Gasteiger partial charge on any atom is -0.393 e. The first-order valence-electron chi connectivity index (χ1n) is 5.53. The minimum atomic E-state index is -0.0529. The Kier molecular flexibility index (Phi) is 2.89. The van der Waals surface area contributed by atoms with E-state index >= 15 is 0 Å². The predicted molar refractivity (Wildman–Crippen MR) is 51.4 cm³/mol. The molecule has 2 fully saturated rings. The van der Waals surface area contributed by atoms with Crippen molar-refractivity contribution in [3.05, 3.63) is 0 Å². The molecule has 2 nitrogen and oxygen atoms in total. The molecule has 1 aliphatic heterocycles. The van der Waals surface area contributed by atoms with Gasteiger partial charge in [-0.25, -0.2) is 0 Å². The minimum absolute atomic E-state index is 0.0529. The Labute approximate surface area is 80.3 Å². The van der Waals surface area contributed by atoms with E-state index in [4.69, 9.17) is 4.74 Å². The Balaban J connectivity index is 1.94. The first kappa shape index (κ1) is 9.47. The zero-order chi connectivity index (χ0) is 9.26. The topological polar surface area (TPSA) is 29.5 Å². The number of aliphatic hydroxyl groups excluding tert-OH is 1. The summed E-state index contributed by atoms with van der Waals surface area (Å²) in [5.41, 5.74) is 0. The van der Waals surface area contributed by atoms with E-state index in [0.29, 0.717) is 11.8 Å². The highest BCUT2D eigenvalue weighted by Gasteiger charge is 2.34. The van der Waals surface area contributed by atoms with Crippen LogP contribution in [0.3, 0.4) is 0 Å². The molecule has 2 rings (SSSR count). The molecular weight excluding hydrogens is 164 g/mol. The maximum Gasteiger partial charge on any atom is 0.0572 e. The smallest absolute Gasteiger partial charge is 0.0572 e. The third kappa shape index (κ3) is 2.05. The van der Waals surface area contributed by atoms with Gasteiger partial charge in [0.25, 0.3) is 0 Å². The van der Waals surface area contributed by atoms with E-state index in [9.17, 15) is 5.11 Å². The third-order valence-corrected chi connectivity index (χ3v) is 3.69. The fourth-order valence-electron chi connectivity index (χ4n) is 2.81. The first-order valence-corrected chi connectivity index (χ1v) is 5.53. The Morgan fingerprint density at radius 1 is 1.23 bits per heavy atom. The van der Waals surface area contributed by atoms with Crippen molar-refractivity contribution >= 4 is 0 Å². The van der Waals surface area contributed by atoms with Gasteiger partial charge in [-0.2, -0.15) is 0 Å². The van der Waals surface area contributed by atoms with Crippen molar-refractivity contribution in [3.8, 4) is 0 Å². The average molecular weight is 184 g/mol. The van der Waals surface area contributed by atoms with Crippen molar-refractivity contribution < 1.29 is 9.84 Å². The lowest BCUT2D eigenvalue weighted by Crippen LogP contribution is -2.34. The second-order valence-electron chi connectivity index (χ2n) is 4.77. The van der Waals surface area contributed by atoms with Crippen LogP contribution >= 0.6 is 0 Å². The van der Waals surface area contributed by atoms with Gasteiger partial charge in [0.1, 0.15) is 0 Å². The molecule has 4 atom stereocenters. The van der Waals surface area contributed by atoms with Crippen molar-refractivity contribution in [2.24, 2.45) is 17.8 Å². The van der Waals surface area contributed by atoms with Crippen LogP contribution in [-0.4, -0.2) is 24.4 Å². The molecule has 76 valence electrons. The zero-order valence-electron chi connectivity index (χ0n) is 8.41. The van der Waals surface area contributed by atoms with Gasteiger partial charge >= 0.3 is 0 Å². The Morgan fingerprint density at radius 2 is 2.08 bits per heavy atom. The van der Waals surface area contributed by atoms with E-state index in [0.717, 1.165) is 32.0 Å². The lowest BCUT2D eigenvalue weighted by Gasteiger charge is -2.34. The van der Waals surface area contributed by atoms with E-state index in [2.05, 4.69) is 6.92 Å². The fraction of sp³-hybridized carbons (Fsp3) is 1.00. The molecule has 13 heavy (non-hydrogen) atoms. The molecule has 2 heteroatoms. The molecule has 1 saturated carbocycles. The molecular formula is C11H20O2. The summed E-state index contributed by atoms with van der Waals surface area (Å²) in [5.74, 6) is 1.96. The molecule has 0 aromatic carbocycles. The van der Waals surface area contributed by atoms with Gasteiger partial charge in [-0.1, -0.05) is 6.92 Å². The predicted octanol–water partition coefficient (Wildman–Crippen LogP) is 1.82. The summed E-state index contributed by atoms with van der Waals surface area (Å²) in [6.45, 7) is 4.09. The number of rotatable bonds is 1. The third-order valence-electron chi connectivity index (χ3n) is 3.69. The van der Waals surface area contributed by atoms with E-state index in [1.165, 1.54) is 12.8 Å². The monoisotopic (exact) mass is 184 g/mol. The average Bonchev–Trinajstić information content (AvgIpc) is 2.61. The molecule has 0 aromatic rings. The Morgan fingerprint density at radius 3 is 2.77 bits per heavy atom. The van der Waals surface area contributed by atoms with Gasteiger partial charge in [0, 0.05) is 13.2 Å². The molecule has 0 amide bonds. The summed E-state index contributed by atoms with van der Waals surface area (Å²) in [7, 11) is 0. The second kappa shape index (κ2) is 3.97. The standard InChI is InChI=1S/C11H20O2/c1-8-2-3-11(12)10(6-8)9-4-5-13-7-9/h8-12H,2-7H2,1H3. The second-order valence-corrected chi connectivity index (χ2v) is 4.77. The van der Waals surface area contributed by atoms with Crippen molar-refractivity contribution in [2.45, 2.75) is 38.7 Å². The van der Waals surface area contributed by atoms with Crippen LogP contribution in [0, 0.1) is 17.8 Å². The lowest BCUT2D eigenvalue weighted by molar-refractivity contribution is 0.0165. The van der Waals surface area contributed by atoms with Gasteiger partial charge in [-0.15, -0.1) is 0 Å². The number of ether oxygens (including phenoxy) is 1. The largest absolute Gasteiger partial charge is 0.393 e. The van der Waals surface area contributed by atoms with Gasteiger partial charge in [0.15, 0.2) is 0 Å². The molecule has 1 aliphatic carbocycles. The van der Waals surface area contributed by atoms with Gasteiger partial charge in [-0.05, 0) is 43.4 Å². The van der Waals surface area contributed by atoms with Crippen LogP contribution in [-0.2, 0) is 4.74 Å². The Bertz CT molecular complexity index is 163. The lowest BCUT2D eigenvalue weighted by atomic mass is 9.73. The first-order chi connectivity index (χ1) is 6.27. The number of hydrogen-bond donors (Lipinski definition) is 1. The van der Waals surface area contributed by atoms with Gasteiger partial charge in [0.2, 0.25) is 0 Å². The van der Waals surface area contributed by atoms with Crippen LogP contribution in [0.1, 0.15) is 32.6 Å². The summed E-state index contributed by atoms with van der Waals surface area (Å²) in [6.07, 6.45) is 4.51. The van der Waals surface area contributed by atoms with E-state index in [1.807, 2.05) is 0 Å². The van der Waals surface area contributed by atoms with Crippen molar-refractivity contribution in [3.63, 3.8) is 0 Å². The van der Waals surface area contributed by atoms with Crippen LogP contribution in [0.5, 0.6) is 0 Å². The highest BCUT2D eigenvalue weighted by Crippen LogP contribution is 2.37. The van der Waals surface area contributed by atoms with Crippen molar-refractivity contribution in [1.29, 1.82) is 0 Å². The summed E-state index contributed by atoms with van der Waals surface area (Å²) in [4.78, 5) is 0. The van der Waals surface area contributed by atoms with Crippen LogP contribution in [0.15, 0.2) is 0 Å². The normalized spacial score (nSPS) is 46.6. The molecule has 0 bridgehead atoms. The summed E-state index contributed by atoms with van der Waals surface area (Å²) in [6, 6.07) is 0. The molecule has 0 aromatic heterocycles. The highest BCUT2D eigenvalue weighted by molar-refractivity contribution is 4.84. The highest BCUT2D eigenvalue weighted by atomic mass is 16.5. The summed E-state index contributed by atoms with van der Waals surface area (Å²) < 4.78 is 5.38. The molecule has 2 aliphatic rings. The van der Waals surface area contributed by atoms with Crippen LogP contribution in [0.2, 0.25) is 0 Å². The van der Waals surface area contributed by atoms with E-state index in [-0.39, 0.29) is 6.10 Å². The quantitative estimate of drug-likeness (QED) is 0.673. The summed E-state index contributed by atoms with van der Waals surface area (Å²) in [5, 5.41) is 9.89. The summed E-state index contributed by atoms with van der Waals surface area (Å²) >= 11 is 0. The van der Waals surface area contributed by atoms with Crippen LogP contribution < -0.4 is 0 Å². The molecule has 1 N–H and O–H groups in total. The molecule has 1 heterocycles. The van der Waals surface area contributed by atoms with Crippen molar-refractivity contribution in [1.82, 2.24) is 0 Å². The van der Waals surface area contributed by atoms with Crippen molar-refractivity contribution in [2.75, 3.05) is 13.2 Å². The maximum absolute atomic E-state index is 9.89. The number of hydrogen-bond acceptors (Lipinski definition) is 2.